The Hall–Kier alpha value is -4.01. The molecule has 9 nitrogen and oxygen atoms in total. The van der Waals surface area contributed by atoms with Gasteiger partial charge in [0.2, 0.25) is 0 Å². The quantitative estimate of drug-likeness (QED) is 0.430. The topological polar surface area (TPSA) is 134 Å². The fraction of sp³-hybridized carbons (Fsp3) is 0.105. The summed E-state index contributed by atoms with van der Waals surface area (Å²) in [5, 5.41) is 15.0. The van der Waals surface area contributed by atoms with Gasteiger partial charge in [0.1, 0.15) is 5.75 Å². The van der Waals surface area contributed by atoms with Crippen molar-refractivity contribution in [2.45, 2.75) is 6.54 Å². The highest BCUT2D eigenvalue weighted by molar-refractivity contribution is 6.00. The molecule has 0 saturated carbocycles. The molecule has 0 unspecified atom stereocenters. The fourth-order valence-electron chi connectivity index (χ4n) is 2.56. The smallest absolute Gasteiger partial charge is 0.323 e. The van der Waals surface area contributed by atoms with E-state index in [-0.39, 0.29) is 11.7 Å². The van der Waals surface area contributed by atoms with E-state index < -0.39 is 5.91 Å². The van der Waals surface area contributed by atoms with Crippen LogP contribution in [0.15, 0.2) is 54.7 Å². The summed E-state index contributed by atoms with van der Waals surface area (Å²) in [5.74, 6) is 0.0360. The standard InChI is InChI=1S/C19H20N6O3/c1-28-15-7-3-6-14(9-15)24-19(27)23-13-5-2-4-12(8-13)10-21-16-11-22-25-17(16)18(20)26/h2-9,11,21H,10H2,1H3,(H2,20,26)(H,22,25)(H2,23,24,27). The number of nitrogens with zero attached hydrogens (tertiary/aromatic N) is 1. The lowest BCUT2D eigenvalue weighted by atomic mass is 10.2. The maximum absolute atomic E-state index is 12.2. The highest BCUT2D eigenvalue weighted by atomic mass is 16.5. The van der Waals surface area contributed by atoms with E-state index in [0.29, 0.717) is 29.4 Å². The number of rotatable bonds is 7. The van der Waals surface area contributed by atoms with E-state index in [1.54, 1.807) is 43.6 Å². The van der Waals surface area contributed by atoms with Gasteiger partial charge in [-0.05, 0) is 29.8 Å². The van der Waals surface area contributed by atoms with Crippen LogP contribution in [0.2, 0.25) is 0 Å². The van der Waals surface area contributed by atoms with Crippen molar-refractivity contribution < 1.29 is 14.3 Å². The Morgan fingerprint density at radius 3 is 2.54 bits per heavy atom. The Bertz CT molecular complexity index is 985. The normalized spacial score (nSPS) is 10.2. The Balaban J connectivity index is 1.60. The van der Waals surface area contributed by atoms with Crippen molar-refractivity contribution >= 4 is 29.0 Å². The van der Waals surface area contributed by atoms with E-state index in [2.05, 4.69) is 26.1 Å². The number of amides is 3. The van der Waals surface area contributed by atoms with Gasteiger partial charge in [-0.3, -0.25) is 9.89 Å². The molecule has 0 spiro atoms. The van der Waals surface area contributed by atoms with E-state index in [4.69, 9.17) is 10.5 Å². The number of hydrogen-bond acceptors (Lipinski definition) is 5. The molecule has 9 heteroatoms. The number of urea groups is 1. The highest BCUT2D eigenvalue weighted by Gasteiger charge is 2.11. The van der Waals surface area contributed by atoms with Gasteiger partial charge in [-0.15, -0.1) is 0 Å². The number of primary amides is 1. The van der Waals surface area contributed by atoms with Crippen LogP contribution in [0.4, 0.5) is 21.9 Å². The average Bonchev–Trinajstić information content (AvgIpc) is 3.16. The minimum atomic E-state index is -0.617. The lowest BCUT2D eigenvalue weighted by Gasteiger charge is -2.10. The lowest BCUT2D eigenvalue weighted by Crippen LogP contribution is -2.19. The summed E-state index contributed by atoms with van der Waals surface area (Å²) in [6.45, 7) is 0.423. The Kier molecular flexibility index (Phi) is 5.75. The molecule has 0 saturated heterocycles. The van der Waals surface area contributed by atoms with Crippen LogP contribution in [0, 0.1) is 0 Å². The van der Waals surface area contributed by atoms with Crippen molar-refractivity contribution in [1.82, 2.24) is 10.2 Å². The van der Waals surface area contributed by atoms with Gasteiger partial charge >= 0.3 is 6.03 Å². The number of nitrogens with two attached hydrogens (primary N) is 1. The molecule has 6 N–H and O–H groups in total. The molecule has 1 aromatic heterocycles. The molecule has 0 aliphatic heterocycles. The van der Waals surface area contributed by atoms with Crippen LogP contribution in [-0.4, -0.2) is 29.2 Å². The van der Waals surface area contributed by atoms with Crippen molar-refractivity contribution in [3.8, 4) is 5.75 Å². The number of nitrogens with one attached hydrogen (secondary N) is 4. The van der Waals surface area contributed by atoms with Crippen molar-refractivity contribution in [3.05, 3.63) is 66.0 Å². The van der Waals surface area contributed by atoms with Gasteiger partial charge in [0.25, 0.3) is 5.91 Å². The summed E-state index contributed by atoms with van der Waals surface area (Å²) in [7, 11) is 1.56. The maximum atomic E-state index is 12.2. The van der Waals surface area contributed by atoms with Crippen molar-refractivity contribution in [1.29, 1.82) is 0 Å². The number of hydrogen-bond donors (Lipinski definition) is 5. The number of anilines is 3. The zero-order valence-corrected chi connectivity index (χ0v) is 15.2. The second kappa shape index (κ2) is 8.58. The monoisotopic (exact) mass is 380 g/mol. The minimum Gasteiger partial charge on any atom is -0.497 e. The van der Waals surface area contributed by atoms with E-state index >= 15 is 0 Å². The van der Waals surface area contributed by atoms with E-state index in [1.165, 1.54) is 0 Å². The number of ether oxygens (including phenoxy) is 1. The van der Waals surface area contributed by atoms with E-state index in [9.17, 15) is 9.59 Å². The van der Waals surface area contributed by atoms with Gasteiger partial charge in [-0.2, -0.15) is 5.10 Å². The SMILES string of the molecule is COc1cccc(NC(=O)Nc2cccc(CNc3c[nH]nc3C(N)=O)c2)c1. The summed E-state index contributed by atoms with van der Waals surface area (Å²) < 4.78 is 5.14. The number of benzene rings is 2. The molecule has 2 aromatic carbocycles. The average molecular weight is 380 g/mol. The van der Waals surface area contributed by atoms with Crippen LogP contribution in [0.1, 0.15) is 16.1 Å². The number of carbonyl (C=O) groups excluding carboxylic acids is 2. The molecule has 3 aromatic rings. The Morgan fingerprint density at radius 1 is 1.11 bits per heavy atom. The zero-order valence-electron chi connectivity index (χ0n) is 15.2. The Morgan fingerprint density at radius 2 is 1.82 bits per heavy atom. The first kappa shape index (κ1) is 18.8. The highest BCUT2D eigenvalue weighted by Crippen LogP contribution is 2.18. The summed E-state index contributed by atoms with van der Waals surface area (Å²) >= 11 is 0. The molecule has 0 aliphatic carbocycles. The van der Waals surface area contributed by atoms with Gasteiger partial charge in [-0.25, -0.2) is 4.79 Å². The van der Waals surface area contributed by atoms with Gasteiger partial charge < -0.3 is 26.4 Å². The predicted molar refractivity (Wildman–Crippen MR) is 107 cm³/mol. The van der Waals surface area contributed by atoms with Gasteiger partial charge in [0.05, 0.1) is 12.8 Å². The van der Waals surface area contributed by atoms with Gasteiger partial charge in [0, 0.05) is 30.2 Å². The largest absolute Gasteiger partial charge is 0.497 e. The number of H-pyrrole nitrogens is 1. The first-order valence-corrected chi connectivity index (χ1v) is 8.43. The van der Waals surface area contributed by atoms with Crippen LogP contribution in [0.3, 0.4) is 0 Å². The maximum Gasteiger partial charge on any atom is 0.323 e. The molecule has 3 rings (SSSR count). The molecule has 0 bridgehead atoms. The van der Waals surface area contributed by atoms with Crippen LogP contribution in [-0.2, 0) is 6.54 Å². The second-order valence-corrected chi connectivity index (χ2v) is 5.88. The summed E-state index contributed by atoms with van der Waals surface area (Å²) in [5.41, 5.74) is 8.07. The first-order valence-electron chi connectivity index (χ1n) is 8.43. The Labute approximate surface area is 161 Å². The minimum absolute atomic E-state index is 0.145. The van der Waals surface area contributed by atoms with Crippen LogP contribution in [0.25, 0.3) is 0 Å². The first-order chi connectivity index (χ1) is 13.5. The summed E-state index contributed by atoms with van der Waals surface area (Å²) in [6, 6.07) is 14.0. The van der Waals surface area contributed by atoms with E-state index in [1.807, 2.05) is 18.2 Å². The van der Waals surface area contributed by atoms with Crippen LogP contribution >= 0.6 is 0 Å². The van der Waals surface area contributed by atoms with Crippen molar-refractivity contribution in [2.75, 3.05) is 23.1 Å². The molecular weight excluding hydrogens is 360 g/mol. The number of aromatic amines is 1. The zero-order chi connectivity index (χ0) is 19.9. The third kappa shape index (κ3) is 4.79. The second-order valence-electron chi connectivity index (χ2n) is 5.88. The fourth-order valence-corrected chi connectivity index (χ4v) is 2.56. The predicted octanol–water partition coefficient (Wildman–Crippen LogP) is 2.77. The molecule has 0 fully saturated rings. The number of carbonyl (C=O) groups is 2. The molecule has 0 radical (unpaired) electrons. The molecule has 1 heterocycles. The molecule has 0 atom stereocenters. The summed E-state index contributed by atoms with van der Waals surface area (Å²) in [6.07, 6.45) is 1.56. The van der Waals surface area contributed by atoms with Crippen LogP contribution < -0.4 is 26.4 Å². The van der Waals surface area contributed by atoms with Crippen molar-refractivity contribution in [3.63, 3.8) is 0 Å². The molecular formula is C19H20N6O3. The molecule has 3 amide bonds. The number of methoxy groups -OCH3 is 1. The third-order valence-corrected chi connectivity index (χ3v) is 3.87. The number of aromatic nitrogens is 2. The molecule has 28 heavy (non-hydrogen) atoms. The van der Waals surface area contributed by atoms with Crippen molar-refractivity contribution in [2.24, 2.45) is 5.73 Å². The summed E-state index contributed by atoms with van der Waals surface area (Å²) in [4.78, 5) is 23.5. The lowest BCUT2D eigenvalue weighted by molar-refractivity contribution is 0.0996. The van der Waals surface area contributed by atoms with Gasteiger partial charge in [-0.1, -0.05) is 18.2 Å². The molecule has 0 aliphatic rings. The van der Waals surface area contributed by atoms with Gasteiger partial charge in [0.15, 0.2) is 5.69 Å². The third-order valence-electron chi connectivity index (χ3n) is 3.87. The molecule has 144 valence electrons. The van der Waals surface area contributed by atoms with E-state index in [0.717, 1.165) is 5.56 Å². The van der Waals surface area contributed by atoms with Crippen LogP contribution in [0.5, 0.6) is 5.75 Å².